The summed E-state index contributed by atoms with van der Waals surface area (Å²) in [6, 6.07) is 4.50. The van der Waals surface area contributed by atoms with Crippen molar-refractivity contribution in [1.82, 2.24) is 4.98 Å². The quantitative estimate of drug-likeness (QED) is 0.939. The first-order valence-electron chi connectivity index (χ1n) is 5.14. The van der Waals surface area contributed by atoms with Crippen LogP contribution in [0.15, 0.2) is 23.6 Å². The fraction of sp³-hybridized carbons (Fsp3) is 0.167. The monoisotopic (exact) mass is 285 g/mol. The number of hydrogen-bond acceptors (Lipinski definition) is 3. The average molecular weight is 286 g/mol. The van der Waals surface area contributed by atoms with Gasteiger partial charge in [-0.25, -0.2) is 9.37 Å². The number of aliphatic carboxylic acids is 1. The zero-order valence-corrected chi connectivity index (χ0v) is 10.8. The lowest BCUT2D eigenvalue weighted by Crippen LogP contribution is -2.00. The third kappa shape index (κ3) is 3.05. The summed E-state index contributed by atoms with van der Waals surface area (Å²) in [6.07, 6.45) is 0.150. The Labute approximate surface area is 112 Å². The largest absolute Gasteiger partial charge is 0.481 e. The van der Waals surface area contributed by atoms with Crippen molar-refractivity contribution in [2.45, 2.75) is 12.8 Å². The Kier molecular flexibility index (Phi) is 3.93. The molecule has 0 unspecified atom stereocenters. The summed E-state index contributed by atoms with van der Waals surface area (Å²) in [7, 11) is 0. The van der Waals surface area contributed by atoms with Gasteiger partial charge in [-0.3, -0.25) is 4.79 Å². The number of rotatable bonds is 4. The van der Waals surface area contributed by atoms with Gasteiger partial charge in [-0.05, 0) is 12.1 Å². The number of hydrogen-bond donors (Lipinski definition) is 1. The number of thiazole rings is 1. The van der Waals surface area contributed by atoms with Crippen molar-refractivity contribution in [3.8, 4) is 0 Å². The van der Waals surface area contributed by atoms with Gasteiger partial charge in [0.2, 0.25) is 0 Å². The second kappa shape index (κ2) is 5.46. The molecule has 1 N–H and O–H groups in total. The second-order valence-electron chi connectivity index (χ2n) is 3.68. The number of benzene rings is 1. The van der Waals surface area contributed by atoms with Crippen molar-refractivity contribution >= 4 is 28.9 Å². The van der Waals surface area contributed by atoms with Gasteiger partial charge < -0.3 is 5.11 Å². The average Bonchev–Trinajstić information content (AvgIpc) is 2.70. The fourth-order valence-corrected chi connectivity index (χ4v) is 2.55. The van der Waals surface area contributed by atoms with Crippen LogP contribution in [0.3, 0.4) is 0 Å². The van der Waals surface area contributed by atoms with E-state index in [2.05, 4.69) is 4.98 Å². The van der Waals surface area contributed by atoms with E-state index in [9.17, 15) is 9.18 Å². The molecule has 0 amide bonds. The van der Waals surface area contributed by atoms with Crippen molar-refractivity contribution in [2.24, 2.45) is 0 Å². The number of carboxylic acids is 1. The first-order chi connectivity index (χ1) is 8.56. The molecule has 2 rings (SSSR count). The highest BCUT2D eigenvalue weighted by molar-refractivity contribution is 7.09. The highest BCUT2D eigenvalue weighted by Crippen LogP contribution is 2.23. The van der Waals surface area contributed by atoms with E-state index >= 15 is 0 Å². The second-order valence-corrected chi connectivity index (χ2v) is 5.03. The summed E-state index contributed by atoms with van der Waals surface area (Å²) >= 11 is 7.22. The molecule has 6 heteroatoms. The van der Waals surface area contributed by atoms with Gasteiger partial charge >= 0.3 is 5.97 Å². The molecular weight excluding hydrogens is 277 g/mol. The molecule has 2 aromatic rings. The third-order valence-corrected chi connectivity index (χ3v) is 3.57. The number of carbonyl (C=O) groups is 1. The van der Waals surface area contributed by atoms with E-state index in [0.717, 1.165) is 0 Å². The SMILES string of the molecule is O=C(O)Cc1csc(Cc2c(F)cccc2Cl)n1. The molecular formula is C12H9ClFNO2S. The molecule has 0 fully saturated rings. The van der Waals surface area contributed by atoms with Gasteiger partial charge in [-0.2, -0.15) is 0 Å². The molecule has 0 atom stereocenters. The molecule has 1 aromatic heterocycles. The lowest BCUT2D eigenvalue weighted by Gasteiger charge is -2.02. The molecule has 0 aliphatic rings. The summed E-state index contributed by atoms with van der Waals surface area (Å²) in [4.78, 5) is 14.7. The van der Waals surface area contributed by atoms with Gasteiger partial charge in [-0.1, -0.05) is 17.7 Å². The molecule has 1 heterocycles. The Morgan fingerprint density at radius 3 is 2.94 bits per heavy atom. The molecule has 3 nitrogen and oxygen atoms in total. The first-order valence-corrected chi connectivity index (χ1v) is 6.40. The molecule has 0 radical (unpaired) electrons. The van der Waals surface area contributed by atoms with E-state index < -0.39 is 5.97 Å². The molecule has 0 saturated carbocycles. The Bertz CT molecular complexity index is 565. The van der Waals surface area contributed by atoms with Gasteiger partial charge in [0, 0.05) is 22.4 Å². The summed E-state index contributed by atoms with van der Waals surface area (Å²) in [6.45, 7) is 0. The highest BCUT2D eigenvalue weighted by atomic mass is 35.5. The molecule has 0 bridgehead atoms. The molecule has 0 aliphatic carbocycles. The van der Waals surface area contributed by atoms with Crippen molar-refractivity contribution in [1.29, 1.82) is 0 Å². The van der Waals surface area contributed by atoms with Crippen LogP contribution in [0.4, 0.5) is 4.39 Å². The van der Waals surface area contributed by atoms with E-state index in [1.54, 1.807) is 17.5 Å². The molecule has 18 heavy (non-hydrogen) atoms. The van der Waals surface area contributed by atoms with Crippen LogP contribution >= 0.6 is 22.9 Å². The lowest BCUT2D eigenvalue weighted by molar-refractivity contribution is -0.136. The smallest absolute Gasteiger partial charge is 0.309 e. The normalized spacial score (nSPS) is 10.6. The maximum atomic E-state index is 13.6. The van der Waals surface area contributed by atoms with Gasteiger partial charge in [0.1, 0.15) is 5.82 Å². The maximum Gasteiger partial charge on any atom is 0.309 e. The highest BCUT2D eigenvalue weighted by Gasteiger charge is 2.11. The van der Waals surface area contributed by atoms with Crippen molar-refractivity contribution in [2.75, 3.05) is 0 Å². The van der Waals surface area contributed by atoms with Crippen LogP contribution in [0.25, 0.3) is 0 Å². The third-order valence-electron chi connectivity index (χ3n) is 2.32. The standard InChI is InChI=1S/C12H9ClFNO2S/c13-9-2-1-3-10(14)8(9)5-11-15-7(6-18-11)4-12(16)17/h1-3,6H,4-5H2,(H,16,17). The van der Waals surface area contributed by atoms with Gasteiger partial charge in [0.25, 0.3) is 0 Å². The fourth-order valence-electron chi connectivity index (χ4n) is 1.52. The van der Waals surface area contributed by atoms with Crippen LogP contribution in [0.5, 0.6) is 0 Å². The number of halogens is 2. The number of aromatic nitrogens is 1. The van der Waals surface area contributed by atoms with Gasteiger partial charge in [0.05, 0.1) is 17.1 Å². The molecule has 0 spiro atoms. The predicted octanol–water partition coefficient (Wildman–Crippen LogP) is 3.15. The van der Waals surface area contributed by atoms with Crippen LogP contribution in [0.1, 0.15) is 16.3 Å². The van der Waals surface area contributed by atoms with E-state index in [-0.39, 0.29) is 18.7 Å². The van der Waals surface area contributed by atoms with Crippen LogP contribution in [0, 0.1) is 5.82 Å². The lowest BCUT2D eigenvalue weighted by atomic mass is 10.1. The van der Waals surface area contributed by atoms with Crippen molar-refractivity contribution in [3.63, 3.8) is 0 Å². The summed E-state index contributed by atoms with van der Waals surface area (Å²) < 4.78 is 13.6. The Balaban J connectivity index is 2.19. The van der Waals surface area contributed by atoms with E-state index in [4.69, 9.17) is 16.7 Å². The predicted molar refractivity (Wildman–Crippen MR) is 67.7 cm³/mol. The molecule has 0 aliphatic heterocycles. The number of nitrogens with zero attached hydrogens (tertiary/aromatic N) is 1. The van der Waals surface area contributed by atoms with Crippen LogP contribution in [0.2, 0.25) is 5.02 Å². The molecule has 0 saturated heterocycles. The van der Waals surface area contributed by atoms with E-state index in [0.29, 0.717) is 21.3 Å². The first kappa shape index (κ1) is 13.0. The maximum absolute atomic E-state index is 13.6. The molecule has 1 aromatic carbocycles. The van der Waals surface area contributed by atoms with Crippen LogP contribution in [-0.4, -0.2) is 16.1 Å². The van der Waals surface area contributed by atoms with E-state index in [1.165, 1.54) is 17.4 Å². The Hall–Kier alpha value is -1.46. The summed E-state index contributed by atoms with van der Waals surface area (Å²) in [5, 5.41) is 11.3. The van der Waals surface area contributed by atoms with E-state index in [1.807, 2.05) is 0 Å². The molecule has 94 valence electrons. The van der Waals surface area contributed by atoms with Crippen LogP contribution in [-0.2, 0) is 17.6 Å². The minimum atomic E-state index is -0.934. The zero-order valence-electron chi connectivity index (χ0n) is 9.19. The minimum absolute atomic E-state index is 0.124. The van der Waals surface area contributed by atoms with Gasteiger partial charge in [-0.15, -0.1) is 11.3 Å². The minimum Gasteiger partial charge on any atom is -0.481 e. The summed E-state index contributed by atoms with van der Waals surface area (Å²) in [5.74, 6) is -1.31. The van der Waals surface area contributed by atoms with Crippen molar-refractivity contribution in [3.05, 3.63) is 50.7 Å². The number of carboxylic acid groups (broad SMARTS) is 1. The topological polar surface area (TPSA) is 50.2 Å². The summed E-state index contributed by atoms with van der Waals surface area (Å²) in [5.41, 5.74) is 0.866. The Morgan fingerprint density at radius 2 is 2.28 bits per heavy atom. The van der Waals surface area contributed by atoms with Crippen molar-refractivity contribution < 1.29 is 14.3 Å². The Morgan fingerprint density at radius 1 is 1.50 bits per heavy atom. The zero-order chi connectivity index (χ0) is 13.1. The van der Waals surface area contributed by atoms with Gasteiger partial charge in [0.15, 0.2) is 0 Å². The van der Waals surface area contributed by atoms with Crippen LogP contribution < -0.4 is 0 Å².